The summed E-state index contributed by atoms with van der Waals surface area (Å²) in [5.74, 6) is 0. The Balaban J connectivity index is 2.49. The summed E-state index contributed by atoms with van der Waals surface area (Å²) in [7, 11) is 0. The van der Waals surface area contributed by atoms with Crippen LogP contribution in [0.1, 0.15) is 5.56 Å². The number of hydrogen-bond acceptors (Lipinski definition) is 1. The largest absolute Gasteiger partial charge is 0.310 e. The summed E-state index contributed by atoms with van der Waals surface area (Å²) in [6, 6.07) is 6.16. The summed E-state index contributed by atoms with van der Waals surface area (Å²) in [6.07, 6.45) is 1.53. The lowest BCUT2D eigenvalue weighted by molar-refractivity contribution is 0.760. The highest BCUT2D eigenvalue weighted by atomic mass is 35.5. The van der Waals surface area contributed by atoms with Gasteiger partial charge in [0.25, 0.3) is 5.56 Å². The Kier molecular flexibility index (Phi) is 4.23. The average molecular weight is 323 g/mol. The summed E-state index contributed by atoms with van der Waals surface area (Å²) < 4.78 is 1.42. The van der Waals surface area contributed by atoms with E-state index in [1.807, 2.05) is 0 Å². The lowest BCUT2D eigenvalue weighted by Crippen LogP contribution is -2.19. The molecule has 0 radical (unpaired) electrons. The third-order valence-electron chi connectivity index (χ3n) is 2.41. The highest BCUT2D eigenvalue weighted by molar-refractivity contribution is 6.44. The first kappa shape index (κ1) is 13.8. The van der Waals surface area contributed by atoms with Gasteiger partial charge < -0.3 is 4.57 Å². The van der Waals surface area contributed by atoms with Crippen molar-refractivity contribution in [3.8, 4) is 0 Å². The average Bonchev–Trinajstić information content (AvgIpc) is 2.34. The fraction of sp³-hybridized carbons (Fsp3) is 0.0833. The molecule has 0 atom stereocenters. The highest BCUT2D eigenvalue weighted by Gasteiger charge is 2.11. The number of aromatic nitrogens is 1. The van der Waals surface area contributed by atoms with Crippen molar-refractivity contribution in [3.05, 3.63) is 66.5 Å². The van der Waals surface area contributed by atoms with Gasteiger partial charge in [-0.05, 0) is 18.2 Å². The van der Waals surface area contributed by atoms with Gasteiger partial charge in [-0.1, -0.05) is 46.4 Å². The van der Waals surface area contributed by atoms with E-state index >= 15 is 0 Å². The normalized spacial score (nSPS) is 10.7. The van der Waals surface area contributed by atoms with Gasteiger partial charge in [-0.25, -0.2) is 0 Å². The zero-order valence-electron chi connectivity index (χ0n) is 8.96. The lowest BCUT2D eigenvalue weighted by atomic mass is 10.2. The number of halogens is 4. The molecule has 0 spiro atoms. The van der Waals surface area contributed by atoms with Gasteiger partial charge in [0.1, 0.15) is 0 Å². The van der Waals surface area contributed by atoms with Gasteiger partial charge in [-0.15, -0.1) is 0 Å². The maximum absolute atomic E-state index is 11.7. The SMILES string of the molecule is O=c1ccc(Cl)cn1Cc1c(Cl)ccc(Cl)c1Cl. The maximum atomic E-state index is 11.7. The van der Waals surface area contributed by atoms with Crippen LogP contribution in [0.3, 0.4) is 0 Å². The molecule has 0 aliphatic carbocycles. The van der Waals surface area contributed by atoms with Crippen LogP contribution in [0.4, 0.5) is 0 Å². The third kappa shape index (κ3) is 2.83. The van der Waals surface area contributed by atoms with E-state index in [1.165, 1.54) is 22.9 Å². The predicted octanol–water partition coefficient (Wildman–Crippen LogP) is 4.51. The first-order chi connectivity index (χ1) is 8.49. The summed E-state index contributed by atoms with van der Waals surface area (Å²) in [6.45, 7) is 0.220. The molecule has 0 amide bonds. The number of benzene rings is 1. The second-order valence-electron chi connectivity index (χ2n) is 3.64. The van der Waals surface area contributed by atoms with E-state index in [1.54, 1.807) is 12.1 Å². The van der Waals surface area contributed by atoms with Crippen molar-refractivity contribution in [2.24, 2.45) is 0 Å². The van der Waals surface area contributed by atoms with E-state index in [0.717, 1.165) is 0 Å². The molecule has 0 aliphatic heterocycles. The van der Waals surface area contributed by atoms with Crippen molar-refractivity contribution in [2.75, 3.05) is 0 Å². The lowest BCUT2D eigenvalue weighted by Gasteiger charge is -2.10. The van der Waals surface area contributed by atoms with Crippen molar-refractivity contribution in [3.63, 3.8) is 0 Å². The molecule has 2 nitrogen and oxygen atoms in total. The van der Waals surface area contributed by atoms with E-state index in [0.29, 0.717) is 25.7 Å². The molecule has 2 rings (SSSR count). The quantitative estimate of drug-likeness (QED) is 0.746. The molecular formula is C12H7Cl4NO. The van der Waals surface area contributed by atoms with Crippen LogP contribution in [0.5, 0.6) is 0 Å². The Labute approximate surface area is 124 Å². The second kappa shape index (κ2) is 5.54. The van der Waals surface area contributed by atoms with Crippen LogP contribution in [-0.2, 0) is 6.54 Å². The molecule has 0 bridgehead atoms. The highest BCUT2D eigenvalue weighted by Crippen LogP contribution is 2.31. The molecule has 0 N–H and O–H groups in total. The Hall–Kier alpha value is -0.670. The molecule has 0 saturated heterocycles. The molecule has 0 fully saturated rings. The Bertz CT molecular complexity index is 651. The van der Waals surface area contributed by atoms with Crippen molar-refractivity contribution in [1.29, 1.82) is 0 Å². The van der Waals surface area contributed by atoms with Crippen molar-refractivity contribution in [1.82, 2.24) is 4.57 Å². The zero-order chi connectivity index (χ0) is 13.3. The number of nitrogens with zero attached hydrogens (tertiary/aromatic N) is 1. The number of rotatable bonds is 2. The summed E-state index contributed by atoms with van der Waals surface area (Å²) in [5.41, 5.74) is 0.404. The van der Waals surface area contributed by atoms with E-state index in [9.17, 15) is 4.79 Å². The molecule has 94 valence electrons. The smallest absolute Gasteiger partial charge is 0.250 e. The molecule has 1 heterocycles. The number of pyridine rings is 1. The van der Waals surface area contributed by atoms with Crippen LogP contribution < -0.4 is 5.56 Å². The first-order valence-corrected chi connectivity index (χ1v) is 6.48. The molecule has 1 aromatic carbocycles. The van der Waals surface area contributed by atoms with Crippen LogP contribution in [0.2, 0.25) is 20.1 Å². The maximum Gasteiger partial charge on any atom is 0.250 e. The van der Waals surface area contributed by atoms with Gasteiger partial charge in [-0.3, -0.25) is 4.79 Å². The zero-order valence-corrected chi connectivity index (χ0v) is 12.0. The summed E-state index contributed by atoms with van der Waals surface area (Å²) >= 11 is 23.9. The van der Waals surface area contributed by atoms with E-state index in [-0.39, 0.29) is 12.1 Å². The van der Waals surface area contributed by atoms with Crippen LogP contribution >= 0.6 is 46.4 Å². The molecule has 2 aromatic rings. The molecule has 18 heavy (non-hydrogen) atoms. The van der Waals surface area contributed by atoms with Crippen LogP contribution in [0.15, 0.2) is 35.3 Å². The minimum atomic E-state index is -0.188. The van der Waals surface area contributed by atoms with E-state index in [4.69, 9.17) is 46.4 Å². The fourth-order valence-corrected chi connectivity index (χ4v) is 2.36. The molecule has 1 aromatic heterocycles. The van der Waals surface area contributed by atoms with Gasteiger partial charge in [0, 0.05) is 22.8 Å². The topological polar surface area (TPSA) is 22.0 Å². The molecule has 0 unspecified atom stereocenters. The van der Waals surface area contributed by atoms with Crippen molar-refractivity contribution < 1.29 is 0 Å². The van der Waals surface area contributed by atoms with Crippen LogP contribution in [-0.4, -0.2) is 4.57 Å². The standard InChI is InChI=1S/C12H7Cl4NO/c13-7-1-4-11(18)17(5-7)6-8-9(14)2-3-10(15)12(8)16/h1-5H,6H2. The Morgan fingerprint density at radius 3 is 2.33 bits per heavy atom. The van der Waals surface area contributed by atoms with Gasteiger partial charge in [0.05, 0.1) is 21.6 Å². The molecule has 6 heteroatoms. The van der Waals surface area contributed by atoms with Crippen molar-refractivity contribution >= 4 is 46.4 Å². The second-order valence-corrected chi connectivity index (χ2v) is 5.26. The number of hydrogen-bond donors (Lipinski definition) is 0. The fourth-order valence-electron chi connectivity index (χ4n) is 1.51. The van der Waals surface area contributed by atoms with Gasteiger partial charge in [-0.2, -0.15) is 0 Å². The predicted molar refractivity (Wildman–Crippen MR) is 76.3 cm³/mol. The minimum absolute atomic E-state index is 0.188. The molecule has 0 saturated carbocycles. The van der Waals surface area contributed by atoms with Crippen LogP contribution in [0, 0.1) is 0 Å². The molecule has 0 aliphatic rings. The van der Waals surface area contributed by atoms with Gasteiger partial charge in [0.2, 0.25) is 0 Å². The van der Waals surface area contributed by atoms with Crippen LogP contribution in [0.25, 0.3) is 0 Å². The van der Waals surface area contributed by atoms with Crippen molar-refractivity contribution in [2.45, 2.75) is 6.54 Å². The molecular weight excluding hydrogens is 316 g/mol. The summed E-state index contributed by atoms with van der Waals surface area (Å²) in [4.78, 5) is 11.7. The third-order valence-corrected chi connectivity index (χ3v) is 3.84. The first-order valence-electron chi connectivity index (χ1n) is 4.97. The minimum Gasteiger partial charge on any atom is -0.310 e. The van der Waals surface area contributed by atoms with Gasteiger partial charge in [0.15, 0.2) is 0 Å². The van der Waals surface area contributed by atoms with Gasteiger partial charge >= 0.3 is 0 Å². The summed E-state index contributed by atoms with van der Waals surface area (Å²) in [5, 5.41) is 1.65. The Morgan fingerprint density at radius 2 is 1.61 bits per heavy atom. The van der Waals surface area contributed by atoms with E-state index in [2.05, 4.69) is 0 Å². The van der Waals surface area contributed by atoms with E-state index < -0.39 is 0 Å². The Morgan fingerprint density at radius 1 is 0.944 bits per heavy atom. The monoisotopic (exact) mass is 321 g/mol.